The first kappa shape index (κ1) is 32.6. The van der Waals surface area contributed by atoms with Crippen molar-refractivity contribution < 1.29 is 41.4 Å². The molecule has 2 N–H and O–H groups in total. The number of likely N-dealkylation sites (N-methyl/N-ethyl adjacent to an activating group) is 1. The summed E-state index contributed by atoms with van der Waals surface area (Å²) in [6, 6.07) is 10.0. The average Bonchev–Trinajstić information content (AvgIpc) is 3.21. The van der Waals surface area contributed by atoms with Crippen LogP contribution in [0.4, 0.5) is 37.8 Å². The normalized spacial score (nSPS) is 19.6. The van der Waals surface area contributed by atoms with Crippen molar-refractivity contribution in [2.24, 2.45) is 0 Å². The van der Waals surface area contributed by atoms with Crippen LogP contribution in [0.25, 0.3) is 11.1 Å². The van der Waals surface area contributed by atoms with Crippen LogP contribution in [0.1, 0.15) is 43.9 Å². The lowest BCUT2D eigenvalue weighted by Crippen LogP contribution is -2.43. The summed E-state index contributed by atoms with van der Waals surface area (Å²) in [5, 5.41) is 21.1. The number of benzene rings is 2. The van der Waals surface area contributed by atoms with Gasteiger partial charge in [0.05, 0.1) is 34.5 Å². The zero-order valence-electron chi connectivity index (χ0n) is 24.0. The number of carbonyl (C=O) groups is 1. The lowest BCUT2D eigenvalue weighted by Gasteiger charge is -2.34. The lowest BCUT2D eigenvalue weighted by atomic mass is 9.81. The molecule has 1 fully saturated rings. The van der Waals surface area contributed by atoms with Crippen molar-refractivity contribution >= 4 is 29.2 Å². The number of β-amino-alcohol motifs (C(OH)–C–C–N with tert-alkyl or cyclic N) is 1. The molecule has 4 rings (SSSR count). The quantitative estimate of drug-likeness (QED) is 0.233. The van der Waals surface area contributed by atoms with Crippen LogP contribution in [0.5, 0.6) is 0 Å². The van der Waals surface area contributed by atoms with Gasteiger partial charge in [-0.1, -0.05) is 18.2 Å². The Morgan fingerprint density at radius 1 is 1.00 bits per heavy atom. The van der Waals surface area contributed by atoms with Crippen molar-refractivity contribution in [3.8, 4) is 11.1 Å². The van der Waals surface area contributed by atoms with E-state index in [1.165, 1.54) is 50.7 Å². The van der Waals surface area contributed by atoms with Crippen LogP contribution >= 0.6 is 11.8 Å². The molecule has 1 amide bonds. The number of hydrogen-bond donors (Lipinski definition) is 2. The number of alkyl halides is 6. The van der Waals surface area contributed by atoms with Crippen LogP contribution in [-0.2, 0) is 22.6 Å². The Kier molecular flexibility index (Phi) is 8.59. The monoisotopic (exact) mass is 627 g/mol. The molecular weight excluding hydrogens is 596 g/mol. The third kappa shape index (κ3) is 6.48. The maximum absolute atomic E-state index is 14.0. The number of nitrogens with zero attached hydrogens (tertiary/aromatic N) is 3. The zero-order chi connectivity index (χ0) is 32.1. The molecule has 0 bridgehead atoms. The number of aliphatic hydroxyl groups is 2. The second kappa shape index (κ2) is 11.3. The minimum atomic E-state index is -5.07. The molecule has 1 aliphatic rings. The van der Waals surface area contributed by atoms with E-state index in [-0.39, 0.29) is 24.7 Å². The van der Waals surface area contributed by atoms with E-state index in [2.05, 4.69) is 4.98 Å². The van der Waals surface area contributed by atoms with Gasteiger partial charge in [-0.2, -0.15) is 26.3 Å². The number of pyridine rings is 1. The summed E-state index contributed by atoms with van der Waals surface area (Å²) in [7, 11) is 1.38. The summed E-state index contributed by atoms with van der Waals surface area (Å²) in [5.74, 6) is -0.468. The highest BCUT2D eigenvalue weighted by Gasteiger charge is 2.43. The van der Waals surface area contributed by atoms with E-state index in [1.807, 2.05) is 18.4 Å². The SMILES string of the molecule is CSc1ccccc1-c1cc(N2CC(O)CC2(C)O)ncc1N(C)C(=O)C(C)(C)c1cc(C(F)(F)F)cc(C(F)(F)F)c1. The van der Waals surface area contributed by atoms with Crippen molar-refractivity contribution in [2.75, 3.05) is 29.6 Å². The summed E-state index contributed by atoms with van der Waals surface area (Å²) in [5.41, 5.74) is -5.30. The fourth-order valence-corrected chi connectivity index (χ4v) is 5.88. The average molecular weight is 628 g/mol. The molecule has 3 aromatic rings. The summed E-state index contributed by atoms with van der Waals surface area (Å²) in [6.45, 7) is 4.17. The van der Waals surface area contributed by atoms with Gasteiger partial charge < -0.3 is 20.0 Å². The van der Waals surface area contributed by atoms with Crippen LogP contribution in [0.15, 0.2) is 59.6 Å². The summed E-state index contributed by atoms with van der Waals surface area (Å²) >= 11 is 1.43. The highest BCUT2D eigenvalue weighted by Crippen LogP contribution is 2.43. The van der Waals surface area contributed by atoms with Crippen molar-refractivity contribution in [1.82, 2.24) is 4.98 Å². The first-order valence-electron chi connectivity index (χ1n) is 13.2. The summed E-state index contributed by atoms with van der Waals surface area (Å²) in [6.07, 6.45) is -7.65. The van der Waals surface area contributed by atoms with E-state index in [0.29, 0.717) is 29.1 Å². The van der Waals surface area contributed by atoms with Crippen LogP contribution in [-0.4, -0.2) is 52.8 Å². The Morgan fingerprint density at radius 2 is 1.56 bits per heavy atom. The first-order valence-corrected chi connectivity index (χ1v) is 14.4. The van der Waals surface area contributed by atoms with E-state index >= 15 is 0 Å². The number of aromatic nitrogens is 1. The number of halogens is 6. The Morgan fingerprint density at radius 3 is 2.07 bits per heavy atom. The van der Waals surface area contributed by atoms with Gasteiger partial charge >= 0.3 is 12.4 Å². The molecule has 0 spiro atoms. The molecule has 1 aromatic heterocycles. The Bertz CT molecular complexity index is 1490. The van der Waals surface area contributed by atoms with Gasteiger partial charge in [0, 0.05) is 30.5 Å². The molecule has 0 aliphatic carbocycles. The fraction of sp³-hybridized carbons (Fsp3) is 0.400. The van der Waals surface area contributed by atoms with Crippen molar-refractivity contribution in [3.05, 3.63) is 71.4 Å². The van der Waals surface area contributed by atoms with Crippen LogP contribution in [0.2, 0.25) is 0 Å². The molecule has 43 heavy (non-hydrogen) atoms. The summed E-state index contributed by atoms with van der Waals surface area (Å²) in [4.78, 5) is 21.9. The zero-order valence-corrected chi connectivity index (χ0v) is 24.8. The molecule has 232 valence electrons. The minimum absolute atomic E-state index is 0.0259. The predicted molar refractivity (Wildman–Crippen MR) is 153 cm³/mol. The number of anilines is 2. The third-order valence-electron chi connectivity index (χ3n) is 7.65. The van der Waals surface area contributed by atoms with Crippen molar-refractivity contribution in [3.63, 3.8) is 0 Å². The van der Waals surface area contributed by atoms with E-state index in [4.69, 9.17) is 0 Å². The first-order chi connectivity index (χ1) is 19.8. The molecule has 2 heterocycles. The molecule has 6 nitrogen and oxygen atoms in total. The molecule has 13 heteroatoms. The second-order valence-electron chi connectivity index (χ2n) is 11.2. The summed E-state index contributed by atoms with van der Waals surface area (Å²) < 4.78 is 81.6. The topological polar surface area (TPSA) is 76.9 Å². The van der Waals surface area contributed by atoms with Crippen molar-refractivity contribution in [2.45, 2.75) is 61.7 Å². The van der Waals surface area contributed by atoms with Gasteiger partial charge in [-0.05, 0) is 68.5 Å². The number of amides is 1. The van der Waals surface area contributed by atoms with Gasteiger partial charge in [0.15, 0.2) is 0 Å². The Labute approximate surface area is 249 Å². The second-order valence-corrected chi connectivity index (χ2v) is 12.1. The highest BCUT2D eigenvalue weighted by molar-refractivity contribution is 7.98. The van der Waals surface area contributed by atoms with Crippen LogP contribution in [0.3, 0.4) is 0 Å². The number of aliphatic hydroxyl groups excluding tert-OH is 1. The molecule has 2 aromatic carbocycles. The smallest absolute Gasteiger partial charge is 0.391 e. The predicted octanol–water partition coefficient (Wildman–Crippen LogP) is 6.73. The third-order valence-corrected chi connectivity index (χ3v) is 8.45. The number of rotatable bonds is 6. The van der Waals surface area contributed by atoms with E-state index < -0.39 is 52.2 Å². The minimum Gasteiger partial charge on any atom is -0.391 e. The van der Waals surface area contributed by atoms with Gasteiger partial charge in [0.1, 0.15) is 11.5 Å². The molecule has 0 radical (unpaired) electrons. The van der Waals surface area contributed by atoms with Crippen molar-refractivity contribution in [1.29, 1.82) is 0 Å². The maximum Gasteiger partial charge on any atom is 0.416 e. The van der Waals surface area contributed by atoms with E-state index in [0.717, 1.165) is 9.80 Å². The largest absolute Gasteiger partial charge is 0.416 e. The molecule has 0 saturated carbocycles. The molecular formula is C30H31F6N3O3S. The van der Waals surface area contributed by atoms with E-state index in [9.17, 15) is 41.4 Å². The van der Waals surface area contributed by atoms with Gasteiger partial charge in [-0.3, -0.25) is 4.79 Å². The lowest BCUT2D eigenvalue weighted by molar-refractivity contribution is -0.143. The van der Waals surface area contributed by atoms with Gasteiger partial charge in [-0.25, -0.2) is 4.98 Å². The maximum atomic E-state index is 14.0. The highest BCUT2D eigenvalue weighted by atomic mass is 32.2. The molecule has 2 unspecified atom stereocenters. The van der Waals surface area contributed by atoms with Gasteiger partial charge in [-0.15, -0.1) is 11.8 Å². The Hall–Kier alpha value is -3.29. The van der Waals surface area contributed by atoms with Crippen LogP contribution < -0.4 is 9.80 Å². The Balaban J connectivity index is 1.85. The molecule has 1 aliphatic heterocycles. The van der Waals surface area contributed by atoms with E-state index in [1.54, 1.807) is 18.2 Å². The number of hydrogen-bond acceptors (Lipinski definition) is 6. The fourth-order valence-electron chi connectivity index (χ4n) is 5.27. The number of carbonyl (C=O) groups excluding carboxylic acids is 1. The standard InChI is InChI=1S/C30H31F6N3O3S/c1-27(2,17-10-18(29(31,32)33)12-19(11-17)30(34,35)36)26(41)38(4)23-15-37-25(39-16-20(40)14-28(39,3)42)13-22(23)21-8-6-7-9-24(21)43-5/h6-13,15,20,40,42H,14,16H2,1-5H3. The van der Waals surface area contributed by atoms with Crippen LogP contribution in [0, 0.1) is 0 Å². The van der Waals surface area contributed by atoms with Gasteiger partial charge in [0.2, 0.25) is 5.91 Å². The molecule has 2 atom stereocenters. The number of thioether (sulfide) groups is 1. The van der Waals surface area contributed by atoms with Gasteiger partial charge in [0.25, 0.3) is 0 Å². The molecule has 1 saturated heterocycles.